The Morgan fingerprint density at radius 1 is 0.680 bits per heavy atom. The highest BCUT2D eigenvalue weighted by molar-refractivity contribution is 5.91. The average molecular weight is 683 g/mol. The lowest BCUT2D eigenvalue weighted by atomic mass is 9.93. The van der Waals surface area contributed by atoms with Gasteiger partial charge in [-0.05, 0) is 31.2 Å². The SMILES string of the molecule is C/C=C/C=C/C=C/C=C/C=C/C=C/C=C/C(=O)Oc1c(O)cc([C@H]2Oc3cc(O)cc(O)c3C[C@H]2OC(=O)c2cc(O)c(O)c(O)c2)cc1O. The molecular formula is C38H34O12. The van der Waals surface area contributed by atoms with Crippen LogP contribution in [0.15, 0.2) is 121 Å². The van der Waals surface area contributed by atoms with Gasteiger partial charge in [-0.2, -0.15) is 0 Å². The van der Waals surface area contributed by atoms with E-state index in [1.54, 1.807) is 24.3 Å². The first-order chi connectivity index (χ1) is 24.0. The summed E-state index contributed by atoms with van der Waals surface area (Å²) in [7, 11) is 0. The third-order valence-corrected chi connectivity index (χ3v) is 6.98. The lowest BCUT2D eigenvalue weighted by Gasteiger charge is -2.34. The van der Waals surface area contributed by atoms with Crippen molar-refractivity contribution in [3.63, 3.8) is 0 Å². The van der Waals surface area contributed by atoms with E-state index in [2.05, 4.69) is 0 Å². The smallest absolute Gasteiger partial charge is 0.338 e. The third-order valence-electron chi connectivity index (χ3n) is 6.98. The van der Waals surface area contributed by atoms with Crippen LogP contribution in [0.4, 0.5) is 0 Å². The molecule has 0 amide bonds. The van der Waals surface area contributed by atoms with Crippen molar-refractivity contribution in [2.24, 2.45) is 0 Å². The van der Waals surface area contributed by atoms with Gasteiger partial charge in [-0.1, -0.05) is 79.0 Å². The molecule has 258 valence electrons. The maximum absolute atomic E-state index is 13.0. The number of benzene rings is 3. The minimum absolute atomic E-state index is 0.0168. The number of carbonyl (C=O) groups is 2. The quantitative estimate of drug-likeness (QED) is 0.0389. The third kappa shape index (κ3) is 9.38. The number of esters is 2. The van der Waals surface area contributed by atoms with Crippen molar-refractivity contribution < 1.29 is 59.5 Å². The molecule has 12 nitrogen and oxygen atoms in total. The summed E-state index contributed by atoms with van der Waals surface area (Å²) in [6, 6.07) is 6.22. The van der Waals surface area contributed by atoms with Crippen LogP contribution < -0.4 is 9.47 Å². The molecule has 1 heterocycles. The molecule has 0 aromatic heterocycles. The molecule has 12 heteroatoms. The normalized spacial score (nSPS) is 16.3. The van der Waals surface area contributed by atoms with E-state index in [9.17, 15) is 45.3 Å². The fourth-order valence-electron chi connectivity index (χ4n) is 4.67. The Balaban J connectivity index is 1.48. The molecule has 0 unspecified atom stereocenters. The van der Waals surface area contributed by atoms with E-state index < -0.39 is 58.6 Å². The number of aromatic hydroxyl groups is 7. The molecule has 0 radical (unpaired) electrons. The van der Waals surface area contributed by atoms with E-state index in [1.165, 1.54) is 12.1 Å². The molecule has 3 aromatic carbocycles. The lowest BCUT2D eigenvalue weighted by Crippen LogP contribution is -2.34. The van der Waals surface area contributed by atoms with Crippen LogP contribution in [0.1, 0.15) is 34.5 Å². The van der Waals surface area contributed by atoms with E-state index in [0.29, 0.717) is 0 Å². The van der Waals surface area contributed by atoms with Gasteiger partial charge in [0, 0.05) is 35.8 Å². The average Bonchev–Trinajstić information content (AvgIpc) is 3.07. The topological polar surface area (TPSA) is 203 Å². The number of phenolic OH excluding ortho intramolecular Hbond substituents is 7. The van der Waals surface area contributed by atoms with Crippen LogP contribution in [-0.4, -0.2) is 53.8 Å². The summed E-state index contributed by atoms with van der Waals surface area (Å²) in [5.41, 5.74) is -0.124. The standard InChI is InChI=1S/C38H34O12/c1-2-3-4-5-6-7-8-9-10-11-12-13-14-15-34(45)50-37-30(43)16-23(17-31(37)44)36-33(22-26-27(40)20-25(39)21-32(26)48-36)49-38(47)24-18-28(41)35(46)29(42)19-24/h2-21,33,36,39-44,46H,22H2,1H3/b3-2+,5-4+,7-6+,9-8+,11-10+,13-12+,15-14+/t33-,36-/m1/s1. The van der Waals surface area contributed by atoms with Gasteiger partial charge in [0.05, 0.1) is 5.56 Å². The van der Waals surface area contributed by atoms with Crippen LogP contribution in [-0.2, 0) is 16.0 Å². The number of carbonyl (C=O) groups excluding carboxylic acids is 2. The van der Waals surface area contributed by atoms with Crippen LogP contribution in [0, 0.1) is 0 Å². The van der Waals surface area contributed by atoms with Crippen LogP contribution >= 0.6 is 0 Å². The van der Waals surface area contributed by atoms with Crippen molar-refractivity contribution in [1.82, 2.24) is 0 Å². The summed E-state index contributed by atoms with van der Waals surface area (Å²) < 4.78 is 16.7. The zero-order chi connectivity index (χ0) is 36.2. The molecule has 0 aliphatic carbocycles. The summed E-state index contributed by atoms with van der Waals surface area (Å²) in [6.07, 6.45) is 21.6. The van der Waals surface area contributed by atoms with E-state index in [1.807, 2.05) is 55.5 Å². The molecule has 0 saturated carbocycles. The van der Waals surface area contributed by atoms with E-state index in [-0.39, 0.29) is 40.4 Å². The van der Waals surface area contributed by atoms with Gasteiger partial charge in [0.15, 0.2) is 34.9 Å². The second-order valence-corrected chi connectivity index (χ2v) is 10.6. The van der Waals surface area contributed by atoms with Crippen LogP contribution in [0.25, 0.3) is 0 Å². The fourth-order valence-corrected chi connectivity index (χ4v) is 4.67. The van der Waals surface area contributed by atoms with Crippen LogP contribution in [0.5, 0.6) is 51.7 Å². The monoisotopic (exact) mass is 682 g/mol. The van der Waals surface area contributed by atoms with Gasteiger partial charge in [0.1, 0.15) is 23.4 Å². The summed E-state index contributed by atoms with van der Waals surface area (Å²) >= 11 is 0. The van der Waals surface area contributed by atoms with Crippen molar-refractivity contribution in [3.8, 4) is 51.7 Å². The van der Waals surface area contributed by atoms with Gasteiger partial charge < -0.3 is 50.0 Å². The largest absolute Gasteiger partial charge is 0.508 e. The second kappa shape index (κ2) is 16.8. The molecule has 7 N–H and O–H groups in total. The van der Waals surface area contributed by atoms with Crippen LogP contribution in [0.3, 0.4) is 0 Å². The number of hydrogen-bond donors (Lipinski definition) is 7. The number of phenols is 7. The molecular weight excluding hydrogens is 648 g/mol. The number of allylic oxidation sites excluding steroid dienone is 13. The van der Waals surface area contributed by atoms with E-state index >= 15 is 0 Å². The Bertz CT molecular complexity index is 1900. The highest BCUT2D eigenvalue weighted by Gasteiger charge is 2.37. The molecule has 3 aromatic rings. The second-order valence-electron chi connectivity index (χ2n) is 10.6. The molecule has 50 heavy (non-hydrogen) atoms. The van der Waals surface area contributed by atoms with Gasteiger partial charge >= 0.3 is 11.9 Å². The number of fused-ring (bicyclic) bond motifs is 1. The molecule has 0 saturated heterocycles. The zero-order valence-corrected chi connectivity index (χ0v) is 26.6. The Kier molecular flexibility index (Phi) is 12.1. The summed E-state index contributed by atoms with van der Waals surface area (Å²) in [6.45, 7) is 1.93. The highest BCUT2D eigenvalue weighted by atomic mass is 16.6. The zero-order valence-electron chi connectivity index (χ0n) is 26.6. The molecule has 0 fully saturated rings. The Labute approximate surface area is 286 Å². The fraction of sp³-hybridized carbons (Fsp3) is 0.105. The van der Waals surface area contributed by atoms with E-state index in [0.717, 1.165) is 36.4 Å². The van der Waals surface area contributed by atoms with E-state index in [4.69, 9.17) is 14.2 Å². The maximum atomic E-state index is 13.0. The first-order valence-corrected chi connectivity index (χ1v) is 15.1. The predicted molar refractivity (Wildman–Crippen MR) is 183 cm³/mol. The van der Waals surface area contributed by atoms with Gasteiger partial charge in [-0.3, -0.25) is 0 Å². The summed E-state index contributed by atoms with van der Waals surface area (Å²) in [5.74, 6) is -6.93. The molecule has 1 aliphatic heterocycles. The Morgan fingerprint density at radius 3 is 1.78 bits per heavy atom. The first kappa shape index (κ1) is 36.0. The Morgan fingerprint density at radius 2 is 1.22 bits per heavy atom. The minimum atomic E-state index is -1.27. The van der Waals surface area contributed by atoms with Gasteiger partial charge in [-0.25, -0.2) is 9.59 Å². The van der Waals surface area contributed by atoms with Crippen molar-refractivity contribution >= 4 is 11.9 Å². The van der Waals surface area contributed by atoms with Gasteiger partial charge in [0.25, 0.3) is 0 Å². The minimum Gasteiger partial charge on any atom is -0.508 e. The number of hydrogen-bond acceptors (Lipinski definition) is 12. The molecule has 1 aliphatic rings. The molecule has 4 rings (SSSR count). The van der Waals surface area contributed by atoms with Crippen molar-refractivity contribution in [3.05, 3.63) is 138 Å². The number of rotatable bonds is 11. The van der Waals surface area contributed by atoms with Crippen molar-refractivity contribution in [2.45, 2.75) is 25.6 Å². The highest BCUT2D eigenvalue weighted by Crippen LogP contribution is 2.46. The summed E-state index contributed by atoms with van der Waals surface area (Å²) in [4.78, 5) is 25.4. The number of ether oxygens (including phenoxy) is 3. The maximum Gasteiger partial charge on any atom is 0.338 e. The molecule has 2 atom stereocenters. The van der Waals surface area contributed by atoms with Crippen molar-refractivity contribution in [1.29, 1.82) is 0 Å². The molecule has 0 bridgehead atoms. The lowest BCUT2D eigenvalue weighted by molar-refractivity contribution is -0.129. The van der Waals surface area contributed by atoms with Crippen LogP contribution in [0.2, 0.25) is 0 Å². The summed E-state index contributed by atoms with van der Waals surface area (Å²) in [5, 5.41) is 71.2. The Hall–Kier alpha value is -6.82. The predicted octanol–water partition coefficient (Wildman–Crippen LogP) is 6.35. The molecule has 0 spiro atoms. The first-order valence-electron chi connectivity index (χ1n) is 15.1. The van der Waals surface area contributed by atoms with Crippen molar-refractivity contribution in [2.75, 3.05) is 0 Å². The van der Waals surface area contributed by atoms with Gasteiger partial charge in [-0.15, -0.1) is 0 Å². The van der Waals surface area contributed by atoms with Gasteiger partial charge in [0.2, 0.25) is 5.75 Å².